The maximum atomic E-state index is 10.4. The number of hydrogen-bond acceptors (Lipinski definition) is 6. The topological polar surface area (TPSA) is 118 Å². The Balaban J connectivity index is 4.15. The summed E-state index contributed by atoms with van der Waals surface area (Å²) in [5.74, 6) is 0. The van der Waals surface area contributed by atoms with E-state index in [-0.39, 0.29) is 32.8 Å². The van der Waals surface area contributed by atoms with Gasteiger partial charge < -0.3 is 15.3 Å². The van der Waals surface area contributed by atoms with Gasteiger partial charge in [-0.1, -0.05) is 0 Å². The van der Waals surface area contributed by atoms with E-state index in [0.717, 1.165) is 0 Å². The van der Waals surface area contributed by atoms with Crippen LogP contribution in [0.2, 0.25) is 0 Å². The molecule has 0 fully saturated rings. The van der Waals surface area contributed by atoms with Crippen LogP contribution in [-0.2, 0) is 10.1 Å². The highest BCUT2D eigenvalue weighted by molar-refractivity contribution is 7.86. The third-order valence-corrected chi connectivity index (χ3v) is 2.43. The van der Waals surface area contributed by atoms with E-state index in [4.69, 9.17) is 19.9 Å². The maximum Gasteiger partial charge on any atom is 0.293 e. The first-order valence-corrected chi connectivity index (χ1v) is 5.50. The summed E-state index contributed by atoms with van der Waals surface area (Å²) < 4.78 is 29.3. The van der Waals surface area contributed by atoms with Crippen LogP contribution in [0.15, 0.2) is 0 Å². The van der Waals surface area contributed by atoms with E-state index in [1.807, 2.05) is 0 Å². The van der Waals surface area contributed by atoms with E-state index < -0.39 is 15.6 Å². The molecular formula is C6H15NO6S. The second-order valence-corrected chi connectivity index (χ2v) is 4.29. The zero-order valence-corrected chi connectivity index (χ0v) is 8.39. The molecule has 0 heterocycles. The Kier molecular flexibility index (Phi) is 6.16. The molecule has 0 aliphatic carbocycles. The van der Waals surface area contributed by atoms with E-state index >= 15 is 0 Å². The summed E-state index contributed by atoms with van der Waals surface area (Å²) in [5, 5.41) is 26.1. The van der Waals surface area contributed by atoms with Crippen LogP contribution in [-0.4, -0.2) is 71.5 Å². The molecule has 8 heteroatoms. The normalized spacial score (nSPS) is 14.6. The van der Waals surface area contributed by atoms with Crippen molar-refractivity contribution in [2.24, 2.45) is 0 Å². The Labute approximate surface area is 82.3 Å². The third kappa shape index (κ3) is 5.47. The maximum absolute atomic E-state index is 10.4. The molecule has 0 radical (unpaired) electrons. The molecule has 0 spiro atoms. The molecule has 86 valence electrons. The number of aliphatic hydroxyl groups is 3. The zero-order chi connectivity index (χ0) is 11.2. The number of rotatable bonds is 7. The van der Waals surface area contributed by atoms with Crippen LogP contribution < -0.4 is 0 Å². The lowest BCUT2D eigenvalue weighted by atomic mass is 10.4. The van der Waals surface area contributed by atoms with Crippen LogP contribution in [0.3, 0.4) is 0 Å². The van der Waals surface area contributed by atoms with Gasteiger partial charge >= 0.3 is 0 Å². The van der Waals surface area contributed by atoms with Gasteiger partial charge in [-0.2, -0.15) is 8.42 Å². The largest absolute Gasteiger partial charge is 0.395 e. The molecule has 0 aromatic rings. The lowest BCUT2D eigenvalue weighted by Crippen LogP contribution is -2.39. The zero-order valence-electron chi connectivity index (χ0n) is 7.57. The fourth-order valence-electron chi connectivity index (χ4n) is 0.892. The lowest BCUT2D eigenvalue weighted by Gasteiger charge is -2.21. The Morgan fingerprint density at radius 3 is 1.86 bits per heavy atom. The van der Waals surface area contributed by atoms with Crippen molar-refractivity contribution in [3.05, 3.63) is 0 Å². The molecule has 0 bridgehead atoms. The SMILES string of the molecule is O=S(=O)(O)C(O)CN(CCO)CCO. The molecule has 1 unspecified atom stereocenters. The van der Waals surface area contributed by atoms with Gasteiger partial charge in [-0.25, -0.2) is 0 Å². The van der Waals surface area contributed by atoms with Crippen molar-refractivity contribution >= 4 is 10.1 Å². The van der Waals surface area contributed by atoms with Gasteiger partial charge in [0.05, 0.1) is 13.2 Å². The van der Waals surface area contributed by atoms with Gasteiger partial charge in [-0.3, -0.25) is 9.45 Å². The first kappa shape index (κ1) is 13.8. The minimum Gasteiger partial charge on any atom is -0.395 e. The summed E-state index contributed by atoms with van der Waals surface area (Å²) in [5.41, 5.74) is -1.92. The first-order valence-electron chi connectivity index (χ1n) is 4.00. The predicted octanol–water partition coefficient (Wildman–Crippen LogP) is -2.52. The number of hydrogen-bond donors (Lipinski definition) is 4. The summed E-state index contributed by atoms with van der Waals surface area (Å²) in [6.45, 7) is -0.559. The summed E-state index contributed by atoms with van der Waals surface area (Å²) in [6, 6.07) is 0. The van der Waals surface area contributed by atoms with Crippen molar-refractivity contribution in [2.45, 2.75) is 5.44 Å². The molecule has 0 saturated carbocycles. The number of aliphatic hydroxyl groups excluding tert-OH is 3. The van der Waals surface area contributed by atoms with Crippen molar-refractivity contribution in [3.63, 3.8) is 0 Å². The molecule has 0 aromatic heterocycles. The molecule has 4 N–H and O–H groups in total. The van der Waals surface area contributed by atoms with E-state index in [1.54, 1.807) is 0 Å². The Morgan fingerprint density at radius 2 is 1.57 bits per heavy atom. The van der Waals surface area contributed by atoms with E-state index in [9.17, 15) is 8.42 Å². The molecule has 0 rings (SSSR count). The summed E-state index contributed by atoms with van der Waals surface area (Å²) in [7, 11) is -4.48. The highest BCUT2D eigenvalue weighted by Crippen LogP contribution is 1.98. The molecule has 1 atom stereocenters. The molecular weight excluding hydrogens is 214 g/mol. The average Bonchev–Trinajstić information content (AvgIpc) is 2.03. The van der Waals surface area contributed by atoms with Crippen LogP contribution in [0.4, 0.5) is 0 Å². The Bertz CT molecular complexity index is 235. The quantitative estimate of drug-likeness (QED) is 0.356. The molecule has 0 aliphatic heterocycles. The van der Waals surface area contributed by atoms with Gasteiger partial charge in [-0.05, 0) is 0 Å². The van der Waals surface area contributed by atoms with E-state index in [2.05, 4.69) is 0 Å². The summed E-state index contributed by atoms with van der Waals surface area (Å²) in [6.07, 6.45) is 0. The predicted molar refractivity (Wildman–Crippen MR) is 48.2 cm³/mol. The second kappa shape index (κ2) is 6.27. The van der Waals surface area contributed by atoms with Gasteiger partial charge in [0.25, 0.3) is 10.1 Å². The fourth-order valence-corrected chi connectivity index (χ4v) is 1.29. The molecule has 0 saturated heterocycles. The van der Waals surface area contributed by atoms with Gasteiger partial charge in [0, 0.05) is 19.6 Å². The van der Waals surface area contributed by atoms with Crippen LogP contribution in [0.1, 0.15) is 0 Å². The first-order chi connectivity index (χ1) is 6.41. The highest BCUT2D eigenvalue weighted by atomic mass is 32.2. The average molecular weight is 229 g/mol. The smallest absolute Gasteiger partial charge is 0.293 e. The minimum absolute atomic E-state index is 0.118. The van der Waals surface area contributed by atoms with Crippen LogP contribution in [0, 0.1) is 0 Å². The van der Waals surface area contributed by atoms with E-state index in [1.165, 1.54) is 4.90 Å². The standard InChI is InChI=1S/C6H15NO6S/c8-3-1-7(2-4-9)5-6(10)14(11,12)13/h6,8-10H,1-5H2,(H,11,12,13). The fraction of sp³-hybridized carbons (Fsp3) is 1.00. The van der Waals surface area contributed by atoms with Crippen molar-refractivity contribution in [1.82, 2.24) is 4.90 Å². The molecule has 0 aliphatic rings. The van der Waals surface area contributed by atoms with Crippen molar-refractivity contribution < 1.29 is 28.3 Å². The van der Waals surface area contributed by atoms with Crippen LogP contribution in [0.25, 0.3) is 0 Å². The van der Waals surface area contributed by atoms with Gasteiger partial charge in [-0.15, -0.1) is 0 Å². The van der Waals surface area contributed by atoms with Gasteiger partial charge in [0.1, 0.15) is 0 Å². The molecule has 7 nitrogen and oxygen atoms in total. The third-order valence-electron chi connectivity index (χ3n) is 1.59. The monoisotopic (exact) mass is 229 g/mol. The van der Waals surface area contributed by atoms with Gasteiger partial charge in [0.15, 0.2) is 5.44 Å². The Hall–Kier alpha value is -0.250. The number of nitrogens with zero attached hydrogens (tertiary/aromatic N) is 1. The molecule has 14 heavy (non-hydrogen) atoms. The lowest BCUT2D eigenvalue weighted by molar-refractivity contribution is 0.117. The molecule has 0 aromatic carbocycles. The van der Waals surface area contributed by atoms with Gasteiger partial charge in [0.2, 0.25) is 0 Å². The van der Waals surface area contributed by atoms with E-state index in [0.29, 0.717) is 0 Å². The van der Waals surface area contributed by atoms with Crippen molar-refractivity contribution in [1.29, 1.82) is 0 Å². The van der Waals surface area contributed by atoms with Crippen LogP contribution in [0.5, 0.6) is 0 Å². The van der Waals surface area contributed by atoms with Crippen molar-refractivity contribution in [2.75, 3.05) is 32.8 Å². The summed E-state index contributed by atoms with van der Waals surface area (Å²) >= 11 is 0. The second-order valence-electron chi connectivity index (χ2n) is 2.72. The molecule has 0 amide bonds. The van der Waals surface area contributed by atoms with Crippen LogP contribution >= 0.6 is 0 Å². The van der Waals surface area contributed by atoms with Crippen molar-refractivity contribution in [3.8, 4) is 0 Å². The minimum atomic E-state index is -4.48. The Morgan fingerprint density at radius 1 is 1.14 bits per heavy atom. The highest BCUT2D eigenvalue weighted by Gasteiger charge is 2.22. The summed E-state index contributed by atoms with van der Waals surface area (Å²) in [4.78, 5) is 1.32.